The van der Waals surface area contributed by atoms with E-state index in [1.807, 2.05) is 0 Å². The fourth-order valence-corrected chi connectivity index (χ4v) is 4.97. The summed E-state index contributed by atoms with van der Waals surface area (Å²) < 4.78 is 68.7. The number of nitrogens with zero attached hydrogens (tertiary/aromatic N) is 1. The Morgan fingerprint density at radius 3 is 1.71 bits per heavy atom. The summed E-state index contributed by atoms with van der Waals surface area (Å²) in [6.07, 6.45) is 1.32. The first kappa shape index (κ1) is 16.4. The molecule has 7 heteroatoms. The van der Waals surface area contributed by atoms with Crippen LogP contribution in [0.2, 0.25) is 0 Å². The average molecular weight is 351 g/mol. The summed E-state index contributed by atoms with van der Waals surface area (Å²) in [7, 11) is -4.09. The van der Waals surface area contributed by atoms with Crippen molar-refractivity contribution >= 4 is 23.2 Å². The lowest BCUT2D eigenvalue weighted by atomic mass is 10.3. The van der Waals surface area contributed by atoms with E-state index >= 15 is 0 Å². The van der Waals surface area contributed by atoms with Crippen LogP contribution in [-0.4, -0.2) is 4.98 Å². The lowest BCUT2D eigenvalue weighted by molar-refractivity contribution is 0.575. The van der Waals surface area contributed by atoms with Crippen molar-refractivity contribution in [3.05, 3.63) is 84.1 Å². The zero-order chi connectivity index (χ0) is 17.3. The molecule has 0 unspecified atom stereocenters. The summed E-state index contributed by atoms with van der Waals surface area (Å²) in [5.41, 5.74) is -0.0824. The number of halogens is 4. The van der Waals surface area contributed by atoms with Gasteiger partial charge >= 0.3 is 0 Å². The first-order valence-electron chi connectivity index (χ1n) is 6.86. The molecular formula is C17H10F4NOP. The largest absolute Gasteiger partial charge is 0.307 e. The van der Waals surface area contributed by atoms with Crippen LogP contribution >= 0.6 is 7.14 Å². The molecule has 2 nitrogen and oxygen atoms in total. The van der Waals surface area contributed by atoms with Crippen molar-refractivity contribution in [3.63, 3.8) is 0 Å². The minimum atomic E-state index is -4.09. The van der Waals surface area contributed by atoms with Crippen molar-refractivity contribution in [1.82, 2.24) is 4.98 Å². The highest BCUT2D eigenvalue weighted by Gasteiger charge is 2.36. The molecule has 24 heavy (non-hydrogen) atoms. The molecule has 3 aromatic rings. The summed E-state index contributed by atoms with van der Waals surface area (Å²) in [6, 6.07) is 9.37. The molecule has 0 saturated heterocycles. The smallest absolute Gasteiger partial charge is 0.194 e. The van der Waals surface area contributed by atoms with Crippen LogP contribution in [0.15, 0.2) is 60.8 Å². The van der Waals surface area contributed by atoms with Crippen molar-refractivity contribution in [2.75, 3.05) is 0 Å². The van der Waals surface area contributed by atoms with Crippen LogP contribution in [0.1, 0.15) is 0 Å². The van der Waals surface area contributed by atoms with E-state index < -0.39 is 41.0 Å². The second-order valence-electron chi connectivity index (χ2n) is 4.99. The fourth-order valence-electron chi connectivity index (χ4n) is 2.39. The first-order valence-corrected chi connectivity index (χ1v) is 8.56. The van der Waals surface area contributed by atoms with Crippen LogP contribution in [0, 0.1) is 23.3 Å². The maximum atomic E-state index is 14.3. The predicted molar refractivity (Wildman–Crippen MR) is 83.5 cm³/mol. The van der Waals surface area contributed by atoms with Gasteiger partial charge in [0.25, 0.3) is 0 Å². The zero-order valence-electron chi connectivity index (χ0n) is 12.1. The van der Waals surface area contributed by atoms with Gasteiger partial charge in [0, 0.05) is 18.3 Å². The van der Waals surface area contributed by atoms with Gasteiger partial charge in [-0.1, -0.05) is 6.07 Å². The van der Waals surface area contributed by atoms with E-state index in [-0.39, 0.29) is 5.44 Å². The van der Waals surface area contributed by atoms with Gasteiger partial charge in [-0.3, -0.25) is 4.98 Å². The van der Waals surface area contributed by atoms with Gasteiger partial charge in [-0.25, -0.2) is 17.6 Å². The third-order valence-electron chi connectivity index (χ3n) is 3.47. The highest BCUT2D eigenvalue weighted by Crippen LogP contribution is 2.43. The van der Waals surface area contributed by atoms with E-state index in [4.69, 9.17) is 0 Å². The average Bonchev–Trinajstić information content (AvgIpc) is 2.55. The van der Waals surface area contributed by atoms with Gasteiger partial charge in [-0.2, -0.15) is 0 Å². The molecule has 1 heterocycles. The maximum Gasteiger partial charge on any atom is 0.194 e. The van der Waals surface area contributed by atoms with Crippen LogP contribution in [0.25, 0.3) is 0 Å². The van der Waals surface area contributed by atoms with Crippen LogP contribution in [0.3, 0.4) is 0 Å². The second kappa shape index (κ2) is 6.21. The molecule has 0 saturated carbocycles. The Hall–Kier alpha value is -2.46. The maximum absolute atomic E-state index is 14.3. The Morgan fingerprint density at radius 2 is 1.29 bits per heavy atom. The number of rotatable bonds is 3. The molecule has 1 aromatic heterocycles. The summed E-state index contributed by atoms with van der Waals surface area (Å²) in [5.74, 6) is -3.90. The standard InChI is InChI=1S/C17H10F4NOP/c18-11-4-6-15(13(20)9-11)24(23,17-3-1-2-8-22-17)16-7-5-12(19)10-14(16)21/h1-10H. The van der Waals surface area contributed by atoms with E-state index in [0.29, 0.717) is 12.1 Å². The lowest BCUT2D eigenvalue weighted by Gasteiger charge is -2.20. The van der Waals surface area contributed by atoms with E-state index in [2.05, 4.69) is 4.98 Å². The van der Waals surface area contributed by atoms with Crippen molar-refractivity contribution in [2.24, 2.45) is 0 Å². The van der Waals surface area contributed by atoms with Crippen molar-refractivity contribution < 1.29 is 22.1 Å². The van der Waals surface area contributed by atoms with Gasteiger partial charge in [0.15, 0.2) is 7.14 Å². The molecule has 0 bridgehead atoms. The van der Waals surface area contributed by atoms with Crippen LogP contribution in [-0.2, 0) is 4.57 Å². The summed E-state index contributed by atoms with van der Waals surface area (Å²) >= 11 is 0. The third-order valence-corrected chi connectivity index (χ3v) is 6.46. The highest BCUT2D eigenvalue weighted by atomic mass is 31.2. The molecule has 0 atom stereocenters. The highest BCUT2D eigenvalue weighted by molar-refractivity contribution is 7.85. The number of aromatic nitrogens is 1. The number of hydrogen-bond donors (Lipinski definition) is 0. The molecule has 0 aliphatic carbocycles. The SMILES string of the molecule is O=P(c1ccccn1)(c1ccc(F)cc1F)c1ccc(F)cc1F. The normalized spacial score (nSPS) is 11.5. The zero-order valence-corrected chi connectivity index (χ0v) is 13.0. The second-order valence-corrected chi connectivity index (χ2v) is 7.63. The topological polar surface area (TPSA) is 30.0 Å². The Labute approximate surface area is 135 Å². The summed E-state index contributed by atoms with van der Waals surface area (Å²) in [6.45, 7) is 0. The van der Waals surface area contributed by atoms with E-state index in [0.717, 1.165) is 24.3 Å². The van der Waals surface area contributed by atoms with Crippen LogP contribution in [0.5, 0.6) is 0 Å². The molecule has 0 fully saturated rings. The molecule has 2 aromatic carbocycles. The monoisotopic (exact) mass is 351 g/mol. The van der Waals surface area contributed by atoms with Gasteiger partial charge in [0.2, 0.25) is 0 Å². The van der Waals surface area contributed by atoms with E-state index in [1.165, 1.54) is 18.3 Å². The van der Waals surface area contributed by atoms with E-state index in [1.54, 1.807) is 6.07 Å². The van der Waals surface area contributed by atoms with Crippen LogP contribution in [0.4, 0.5) is 17.6 Å². The molecule has 3 rings (SSSR count). The molecular weight excluding hydrogens is 341 g/mol. The Balaban J connectivity index is 2.36. The first-order chi connectivity index (χ1) is 11.4. The molecule has 0 aliphatic rings. The van der Waals surface area contributed by atoms with Crippen LogP contribution < -0.4 is 16.0 Å². The summed E-state index contributed by atoms with van der Waals surface area (Å²) in [4.78, 5) is 3.95. The lowest BCUT2D eigenvalue weighted by Crippen LogP contribution is -2.30. The molecule has 0 aliphatic heterocycles. The van der Waals surface area contributed by atoms with E-state index in [9.17, 15) is 22.1 Å². The minimum absolute atomic E-state index is 0.0824. The Kier molecular flexibility index (Phi) is 4.24. The molecule has 122 valence electrons. The number of benzene rings is 2. The van der Waals surface area contributed by atoms with Crippen molar-refractivity contribution in [1.29, 1.82) is 0 Å². The number of hydrogen-bond acceptors (Lipinski definition) is 2. The molecule has 0 spiro atoms. The quantitative estimate of drug-likeness (QED) is 0.536. The van der Waals surface area contributed by atoms with Crippen molar-refractivity contribution in [2.45, 2.75) is 0 Å². The van der Waals surface area contributed by atoms with Gasteiger partial charge < -0.3 is 4.57 Å². The van der Waals surface area contributed by atoms with Gasteiger partial charge in [-0.05, 0) is 36.4 Å². The fraction of sp³-hybridized carbons (Fsp3) is 0. The molecule has 0 amide bonds. The molecule has 0 N–H and O–H groups in total. The third kappa shape index (κ3) is 2.74. The molecule has 0 radical (unpaired) electrons. The predicted octanol–water partition coefficient (Wildman–Crippen LogP) is 3.28. The van der Waals surface area contributed by atoms with Gasteiger partial charge in [0.05, 0.1) is 10.6 Å². The number of pyridine rings is 1. The Morgan fingerprint density at radius 1 is 0.750 bits per heavy atom. The Bertz CT molecular complexity index is 891. The minimum Gasteiger partial charge on any atom is -0.307 e. The summed E-state index contributed by atoms with van der Waals surface area (Å²) in [5, 5.41) is -0.791. The van der Waals surface area contributed by atoms with Gasteiger partial charge in [0.1, 0.15) is 28.7 Å². The van der Waals surface area contributed by atoms with Gasteiger partial charge in [-0.15, -0.1) is 0 Å². The van der Waals surface area contributed by atoms with Crippen molar-refractivity contribution in [3.8, 4) is 0 Å².